The molecule has 4 nitrogen and oxygen atoms in total. The molecule has 3 aromatic rings. The lowest BCUT2D eigenvalue weighted by atomic mass is 10.0. The summed E-state index contributed by atoms with van der Waals surface area (Å²) in [7, 11) is 0. The van der Waals surface area contributed by atoms with E-state index < -0.39 is 0 Å². The van der Waals surface area contributed by atoms with Crippen LogP contribution in [-0.4, -0.2) is 10.9 Å². The molecule has 1 amide bonds. The zero-order valence-corrected chi connectivity index (χ0v) is 11.5. The normalized spacial score (nSPS) is 10.4. The summed E-state index contributed by atoms with van der Waals surface area (Å²) in [6, 6.07) is 13.3. The molecule has 0 saturated carbocycles. The Morgan fingerprint density at radius 1 is 1.05 bits per heavy atom. The van der Waals surface area contributed by atoms with Gasteiger partial charge in [0.25, 0.3) is 0 Å². The van der Waals surface area contributed by atoms with Gasteiger partial charge in [0, 0.05) is 10.8 Å². The first kappa shape index (κ1) is 14.1. The van der Waals surface area contributed by atoms with E-state index in [1.54, 1.807) is 0 Å². The SMILES string of the molecule is Cl.NC(=O)Cc1ccc2nc3ccccc3c(N)c2c1. The van der Waals surface area contributed by atoms with Gasteiger partial charge in [-0.3, -0.25) is 4.79 Å². The molecule has 0 saturated heterocycles. The largest absolute Gasteiger partial charge is 0.398 e. The minimum Gasteiger partial charge on any atom is -0.398 e. The maximum atomic E-state index is 11.0. The lowest BCUT2D eigenvalue weighted by Crippen LogP contribution is -2.13. The first-order valence-corrected chi connectivity index (χ1v) is 6.00. The number of fused-ring (bicyclic) bond motifs is 2. The summed E-state index contributed by atoms with van der Waals surface area (Å²) in [6.45, 7) is 0. The second-order valence-corrected chi connectivity index (χ2v) is 4.54. The van der Waals surface area contributed by atoms with Crippen molar-refractivity contribution in [3.05, 3.63) is 48.0 Å². The predicted octanol–water partition coefficient (Wildman–Crippen LogP) is 2.42. The molecule has 1 aromatic heterocycles. The van der Waals surface area contributed by atoms with Gasteiger partial charge in [0.15, 0.2) is 0 Å². The van der Waals surface area contributed by atoms with E-state index in [0.717, 1.165) is 27.4 Å². The third kappa shape index (κ3) is 2.38. The lowest BCUT2D eigenvalue weighted by molar-refractivity contribution is -0.117. The molecule has 4 N–H and O–H groups in total. The van der Waals surface area contributed by atoms with Crippen LogP contribution in [0.4, 0.5) is 5.69 Å². The monoisotopic (exact) mass is 287 g/mol. The molecular formula is C15H14ClN3O. The summed E-state index contributed by atoms with van der Waals surface area (Å²) in [5.41, 5.74) is 14.6. The van der Waals surface area contributed by atoms with Crippen LogP contribution in [0.15, 0.2) is 42.5 Å². The Kier molecular flexibility index (Phi) is 3.77. The van der Waals surface area contributed by atoms with E-state index in [1.807, 2.05) is 42.5 Å². The van der Waals surface area contributed by atoms with Crippen molar-refractivity contribution in [2.45, 2.75) is 6.42 Å². The molecule has 1 heterocycles. The van der Waals surface area contributed by atoms with E-state index in [9.17, 15) is 4.79 Å². The first-order chi connectivity index (χ1) is 9.15. The summed E-state index contributed by atoms with van der Waals surface area (Å²) >= 11 is 0. The predicted molar refractivity (Wildman–Crippen MR) is 83.8 cm³/mol. The topological polar surface area (TPSA) is 82.0 Å². The van der Waals surface area contributed by atoms with Gasteiger partial charge in [-0.15, -0.1) is 12.4 Å². The fraction of sp³-hybridized carbons (Fsp3) is 0.0667. The molecule has 2 aromatic carbocycles. The minimum absolute atomic E-state index is 0. The molecule has 20 heavy (non-hydrogen) atoms. The van der Waals surface area contributed by atoms with E-state index in [2.05, 4.69) is 4.98 Å². The number of carbonyl (C=O) groups is 1. The molecular weight excluding hydrogens is 274 g/mol. The zero-order chi connectivity index (χ0) is 13.4. The number of para-hydroxylation sites is 1. The number of amides is 1. The summed E-state index contributed by atoms with van der Waals surface area (Å²) in [4.78, 5) is 15.5. The Morgan fingerprint density at radius 3 is 2.50 bits per heavy atom. The van der Waals surface area contributed by atoms with Gasteiger partial charge >= 0.3 is 0 Å². The molecule has 0 aliphatic rings. The Hall–Kier alpha value is -2.33. The summed E-state index contributed by atoms with van der Waals surface area (Å²) in [5, 5.41) is 1.78. The van der Waals surface area contributed by atoms with Crippen molar-refractivity contribution in [3.63, 3.8) is 0 Å². The number of nitrogens with two attached hydrogens (primary N) is 2. The standard InChI is InChI=1S/C15H13N3O.ClH/c16-14(19)8-9-5-6-13-11(7-9)15(17)10-3-1-2-4-12(10)18-13;/h1-7H,8H2,(H2,16,19)(H2,17,18);1H. The summed E-state index contributed by atoms with van der Waals surface area (Å²) in [6.07, 6.45) is 0.211. The van der Waals surface area contributed by atoms with Gasteiger partial charge in [-0.1, -0.05) is 24.3 Å². The average molecular weight is 288 g/mol. The third-order valence-electron chi connectivity index (χ3n) is 3.16. The maximum Gasteiger partial charge on any atom is 0.221 e. The Bertz CT molecular complexity index is 802. The summed E-state index contributed by atoms with van der Waals surface area (Å²) in [5.74, 6) is -0.355. The van der Waals surface area contributed by atoms with E-state index in [4.69, 9.17) is 11.5 Å². The van der Waals surface area contributed by atoms with Gasteiger partial charge in [-0.25, -0.2) is 4.98 Å². The molecule has 0 fully saturated rings. The maximum absolute atomic E-state index is 11.0. The van der Waals surface area contributed by atoms with E-state index in [1.165, 1.54) is 0 Å². The van der Waals surface area contributed by atoms with Crippen LogP contribution in [0.5, 0.6) is 0 Å². The Labute approximate surface area is 122 Å². The first-order valence-electron chi connectivity index (χ1n) is 6.00. The highest BCUT2D eigenvalue weighted by Crippen LogP contribution is 2.28. The highest BCUT2D eigenvalue weighted by Gasteiger charge is 2.07. The number of carbonyl (C=O) groups excluding carboxylic acids is 1. The number of benzene rings is 2. The number of nitrogens with zero attached hydrogens (tertiary/aromatic N) is 1. The molecule has 0 atom stereocenters. The van der Waals surface area contributed by atoms with Gasteiger partial charge in [0.1, 0.15) is 0 Å². The van der Waals surface area contributed by atoms with Gasteiger partial charge in [-0.2, -0.15) is 0 Å². The van der Waals surface area contributed by atoms with Gasteiger partial charge in [0.2, 0.25) is 5.91 Å². The lowest BCUT2D eigenvalue weighted by Gasteiger charge is -2.08. The van der Waals surface area contributed by atoms with Crippen LogP contribution in [0, 0.1) is 0 Å². The Balaban J connectivity index is 0.00000147. The number of pyridine rings is 1. The minimum atomic E-state index is -0.355. The fourth-order valence-corrected chi connectivity index (χ4v) is 2.28. The number of rotatable bonds is 2. The van der Waals surface area contributed by atoms with Gasteiger partial charge < -0.3 is 11.5 Å². The van der Waals surface area contributed by atoms with Crippen LogP contribution < -0.4 is 11.5 Å². The van der Waals surface area contributed by atoms with Crippen LogP contribution in [0.1, 0.15) is 5.56 Å². The van der Waals surface area contributed by atoms with Crippen molar-refractivity contribution in [1.82, 2.24) is 4.98 Å². The van der Waals surface area contributed by atoms with Crippen LogP contribution >= 0.6 is 12.4 Å². The van der Waals surface area contributed by atoms with Crippen molar-refractivity contribution in [2.75, 3.05) is 5.73 Å². The highest BCUT2D eigenvalue weighted by atomic mass is 35.5. The number of aromatic nitrogens is 1. The van der Waals surface area contributed by atoms with Crippen molar-refractivity contribution < 1.29 is 4.79 Å². The van der Waals surface area contributed by atoms with Crippen LogP contribution in [0.25, 0.3) is 21.8 Å². The van der Waals surface area contributed by atoms with Crippen molar-refractivity contribution in [2.24, 2.45) is 5.73 Å². The van der Waals surface area contributed by atoms with E-state index >= 15 is 0 Å². The molecule has 102 valence electrons. The number of primary amides is 1. The Morgan fingerprint density at radius 2 is 1.75 bits per heavy atom. The molecule has 0 radical (unpaired) electrons. The highest BCUT2D eigenvalue weighted by molar-refractivity contribution is 6.06. The van der Waals surface area contributed by atoms with Crippen LogP contribution in [0.3, 0.4) is 0 Å². The van der Waals surface area contributed by atoms with Gasteiger partial charge in [0.05, 0.1) is 23.1 Å². The summed E-state index contributed by atoms with van der Waals surface area (Å²) < 4.78 is 0. The second kappa shape index (κ2) is 5.35. The number of hydrogen-bond acceptors (Lipinski definition) is 3. The number of anilines is 1. The van der Waals surface area contributed by atoms with E-state index in [0.29, 0.717) is 5.69 Å². The van der Waals surface area contributed by atoms with Crippen molar-refractivity contribution in [3.8, 4) is 0 Å². The average Bonchev–Trinajstić information content (AvgIpc) is 2.39. The molecule has 0 bridgehead atoms. The second-order valence-electron chi connectivity index (χ2n) is 4.54. The van der Waals surface area contributed by atoms with Crippen molar-refractivity contribution >= 4 is 45.8 Å². The smallest absolute Gasteiger partial charge is 0.221 e. The van der Waals surface area contributed by atoms with Gasteiger partial charge in [-0.05, 0) is 23.8 Å². The number of hydrogen-bond donors (Lipinski definition) is 2. The number of nitrogen functional groups attached to an aromatic ring is 1. The molecule has 5 heteroatoms. The van der Waals surface area contributed by atoms with Crippen molar-refractivity contribution in [1.29, 1.82) is 0 Å². The molecule has 0 spiro atoms. The molecule has 3 rings (SSSR count). The molecule has 0 unspecified atom stereocenters. The van der Waals surface area contributed by atoms with E-state index in [-0.39, 0.29) is 24.7 Å². The van der Waals surface area contributed by atoms with Crippen LogP contribution in [-0.2, 0) is 11.2 Å². The fourth-order valence-electron chi connectivity index (χ4n) is 2.28. The molecule has 0 aliphatic carbocycles. The van der Waals surface area contributed by atoms with Crippen LogP contribution in [0.2, 0.25) is 0 Å². The third-order valence-corrected chi connectivity index (χ3v) is 3.16. The number of halogens is 1. The molecule has 0 aliphatic heterocycles. The quantitative estimate of drug-likeness (QED) is 0.710. The zero-order valence-electron chi connectivity index (χ0n) is 10.7.